The van der Waals surface area contributed by atoms with Crippen molar-refractivity contribution in [3.63, 3.8) is 0 Å². The third-order valence-electron chi connectivity index (χ3n) is 4.18. The highest BCUT2D eigenvalue weighted by Gasteiger charge is 2.53. The first-order valence-corrected chi connectivity index (χ1v) is 6.86. The van der Waals surface area contributed by atoms with E-state index in [1.165, 1.54) is 0 Å². The molecule has 0 N–H and O–H groups in total. The second-order valence-electron chi connectivity index (χ2n) is 5.48. The van der Waals surface area contributed by atoms with Crippen LogP contribution in [-0.4, -0.2) is 25.5 Å². The molecule has 0 saturated carbocycles. The minimum atomic E-state index is -1.43. The van der Waals surface area contributed by atoms with Gasteiger partial charge in [0.1, 0.15) is 0 Å². The number of allylic oxidation sites excluding steroid dienone is 3. The van der Waals surface area contributed by atoms with E-state index >= 15 is 0 Å². The van der Waals surface area contributed by atoms with Crippen LogP contribution < -0.4 is 0 Å². The van der Waals surface area contributed by atoms with Gasteiger partial charge in [0.2, 0.25) is 0 Å². The highest BCUT2D eigenvalue weighted by molar-refractivity contribution is 6.06. The SMILES string of the molecule is O=C1c2cc([N+](=O)[O-])cc([N+](=O)[O-])c2C2C([N+](=O)[O-])=CC([N+](=O)[O-])=CC12. The molecular weight excluding hydrogens is 356 g/mol. The quantitative estimate of drug-likeness (QED) is 0.566. The Kier molecular flexibility index (Phi) is 3.56. The molecule has 13 nitrogen and oxygen atoms in total. The monoisotopic (exact) mass is 362 g/mol. The lowest BCUT2D eigenvalue weighted by molar-refractivity contribution is -0.441. The van der Waals surface area contributed by atoms with Gasteiger partial charge in [-0.1, -0.05) is 0 Å². The van der Waals surface area contributed by atoms with Crippen molar-refractivity contribution >= 4 is 17.2 Å². The standard InChI is InChI=1S/C13H6N4O9/c18-13-7-1-5(14(19)20)3-9(16(23)24)11(7)12-8(13)2-6(15(21)22)4-10(12)17(25)26/h1-4,7,11H. The van der Waals surface area contributed by atoms with Gasteiger partial charge < -0.3 is 0 Å². The zero-order valence-corrected chi connectivity index (χ0v) is 12.4. The van der Waals surface area contributed by atoms with Gasteiger partial charge in [-0.25, -0.2) is 0 Å². The summed E-state index contributed by atoms with van der Waals surface area (Å²) in [6.07, 6.45) is 1.50. The van der Waals surface area contributed by atoms with Gasteiger partial charge in [0, 0.05) is 17.7 Å². The van der Waals surface area contributed by atoms with E-state index in [-0.39, 0.29) is 5.56 Å². The van der Waals surface area contributed by atoms with Gasteiger partial charge >= 0.3 is 0 Å². The van der Waals surface area contributed by atoms with Crippen LogP contribution in [0.2, 0.25) is 0 Å². The van der Waals surface area contributed by atoms with E-state index in [1.54, 1.807) is 0 Å². The number of nitro benzene ring substituents is 2. The first kappa shape index (κ1) is 16.8. The Hall–Kier alpha value is -4.03. The number of non-ortho nitro benzene ring substituents is 1. The average Bonchev–Trinajstić information content (AvgIpc) is 2.85. The molecular formula is C13H6N4O9. The van der Waals surface area contributed by atoms with E-state index in [1.807, 2.05) is 0 Å². The molecule has 2 aliphatic carbocycles. The molecule has 0 aliphatic heterocycles. The van der Waals surface area contributed by atoms with E-state index in [4.69, 9.17) is 0 Å². The number of nitrogens with zero attached hydrogens (tertiary/aromatic N) is 4. The lowest BCUT2D eigenvalue weighted by atomic mass is 9.84. The molecule has 13 heteroatoms. The highest BCUT2D eigenvalue weighted by Crippen LogP contribution is 2.50. The number of benzene rings is 1. The number of ketones is 1. The summed E-state index contributed by atoms with van der Waals surface area (Å²) in [4.78, 5) is 53.3. The Bertz CT molecular complexity index is 994. The molecule has 132 valence electrons. The normalized spacial score (nSPS) is 20.5. The topological polar surface area (TPSA) is 190 Å². The summed E-state index contributed by atoms with van der Waals surface area (Å²) in [6, 6.07) is 1.40. The number of carbonyl (C=O) groups excluding carboxylic acids is 1. The summed E-state index contributed by atoms with van der Waals surface area (Å²) in [5.41, 5.74) is -3.77. The number of hydrogen-bond acceptors (Lipinski definition) is 9. The molecule has 2 atom stereocenters. The molecule has 0 amide bonds. The predicted molar refractivity (Wildman–Crippen MR) is 80.5 cm³/mol. The fourth-order valence-corrected chi connectivity index (χ4v) is 3.18. The van der Waals surface area contributed by atoms with Crippen LogP contribution in [0.25, 0.3) is 0 Å². The van der Waals surface area contributed by atoms with Crippen molar-refractivity contribution in [1.29, 1.82) is 0 Å². The number of carbonyl (C=O) groups is 1. The molecule has 1 aromatic carbocycles. The van der Waals surface area contributed by atoms with Crippen LogP contribution in [-0.2, 0) is 0 Å². The fraction of sp³-hybridized carbons (Fsp3) is 0.154. The van der Waals surface area contributed by atoms with Crippen LogP contribution in [0, 0.1) is 46.4 Å². The number of nitro groups is 4. The van der Waals surface area contributed by atoms with Crippen LogP contribution in [0.3, 0.4) is 0 Å². The van der Waals surface area contributed by atoms with E-state index in [0.717, 1.165) is 12.1 Å². The van der Waals surface area contributed by atoms with Gasteiger partial charge in [-0.3, -0.25) is 45.3 Å². The second kappa shape index (κ2) is 5.51. The number of fused-ring (bicyclic) bond motifs is 3. The predicted octanol–water partition coefficient (Wildman–Crippen LogP) is 1.73. The molecule has 0 bridgehead atoms. The van der Waals surface area contributed by atoms with Crippen molar-refractivity contribution in [2.24, 2.45) is 5.92 Å². The maximum Gasteiger partial charge on any atom is 0.281 e. The maximum atomic E-state index is 12.6. The molecule has 26 heavy (non-hydrogen) atoms. The van der Waals surface area contributed by atoms with Crippen LogP contribution in [0.1, 0.15) is 21.8 Å². The second-order valence-corrected chi connectivity index (χ2v) is 5.48. The van der Waals surface area contributed by atoms with Gasteiger partial charge in [0.25, 0.3) is 22.8 Å². The molecule has 0 fully saturated rings. The maximum absolute atomic E-state index is 12.6. The summed E-state index contributed by atoms with van der Waals surface area (Å²) in [7, 11) is 0. The zero-order chi connectivity index (χ0) is 19.3. The molecule has 1 aromatic rings. The van der Waals surface area contributed by atoms with E-state index in [0.29, 0.717) is 12.1 Å². The lowest BCUT2D eigenvalue weighted by Crippen LogP contribution is -2.23. The summed E-state index contributed by atoms with van der Waals surface area (Å²) in [6.45, 7) is 0. The molecule has 2 aliphatic rings. The smallest absolute Gasteiger partial charge is 0.281 e. The minimum Gasteiger partial charge on any atom is -0.293 e. The Morgan fingerprint density at radius 2 is 1.50 bits per heavy atom. The van der Waals surface area contributed by atoms with Crippen molar-refractivity contribution < 1.29 is 24.5 Å². The van der Waals surface area contributed by atoms with Crippen molar-refractivity contribution in [2.75, 3.05) is 0 Å². The van der Waals surface area contributed by atoms with Gasteiger partial charge in [-0.15, -0.1) is 0 Å². The largest absolute Gasteiger partial charge is 0.293 e. The molecule has 0 spiro atoms. The van der Waals surface area contributed by atoms with Crippen LogP contribution in [0.5, 0.6) is 0 Å². The van der Waals surface area contributed by atoms with Gasteiger partial charge in [-0.2, -0.15) is 0 Å². The minimum absolute atomic E-state index is 0.350. The van der Waals surface area contributed by atoms with Crippen LogP contribution in [0.15, 0.2) is 35.7 Å². The zero-order valence-electron chi connectivity index (χ0n) is 12.4. The highest BCUT2D eigenvalue weighted by atomic mass is 16.6. The number of Topliss-reactive ketones (excluding diaryl/α,β-unsaturated/α-hetero) is 1. The first-order chi connectivity index (χ1) is 12.1. The van der Waals surface area contributed by atoms with Gasteiger partial charge in [0.05, 0.1) is 49.2 Å². The van der Waals surface area contributed by atoms with Crippen molar-refractivity contribution in [3.8, 4) is 0 Å². The van der Waals surface area contributed by atoms with Crippen molar-refractivity contribution in [2.45, 2.75) is 5.92 Å². The molecule has 0 saturated heterocycles. The Morgan fingerprint density at radius 1 is 0.846 bits per heavy atom. The van der Waals surface area contributed by atoms with Gasteiger partial charge in [-0.05, 0) is 0 Å². The Balaban J connectivity index is 2.33. The average molecular weight is 362 g/mol. The Labute approximate surface area is 141 Å². The van der Waals surface area contributed by atoms with E-state index in [2.05, 4.69) is 0 Å². The first-order valence-electron chi connectivity index (χ1n) is 6.86. The van der Waals surface area contributed by atoms with E-state index in [9.17, 15) is 45.3 Å². The summed E-state index contributed by atoms with van der Waals surface area (Å²) in [5, 5.41) is 44.6. The number of hydrogen-bond donors (Lipinski definition) is 0. The summed E-state index contributed by atoms with van der Waals surface area (Å²) >= 11 is 0. The third kappa shape index (κ3) is 2.29. The molecule has 3 rings (SSSR count). The van der Waals surface area contributed by atoms with Crippen molar-refractivity contribution in [3.05, 3.63) is 87.3 Å². The Morgan fingerprint density at radius 3 is 2.00 bits per heavy atom. The fourth-order valence-electron chi connectivity index (χ4n) is 3.18. The molecule has 0 aromatic heterocycles. The van der Waals surface area contributed by atoms with Crippen LogP contribution >= 0.6 is 0 Å². The molecule has 2 unspecified atom stereocenters. The molecule has 0 heterocycles. The van der Waals surface area contributed by atoms with Crippen LogP contribution in [0.4, 0.5) is 11.4 Å². The summed E-state index contributed by atoms with van der Waals surface area (Å²) in [5.74, 6) is -3.74. The summed E-state index contributed by atoms with van der Waals surface area (Å²) < 4.78 is 0. The lowest BCUT2D eigenvalue weighted by Gasteiger charge is -2.16. The van der Waals surface area contributed by atoms with Gasteiger partial charge in [0.15, 0.2) is 5.78 Å². The van der Waals surface area contributed by atoms with E-state index < -0.39 is 65.6 Å². The van der Waals surface area contributed by atoms with Crippen molar-refractivity contribution in [1.82, 2.24) is 0 Å². The third-order valence-corrected chi connectivity index (χ3v) is 4.18. The molecule has 0 radical (unpaired) electrons. The number of rotatable bonds is 4.